The van der Waals surface area contributed by atoms with Crippen LogP contribution in [0.2, 0.25) is 103 Å². The third-order valence-electron chi connectivity index (χ3n) is 8.57. The summed E-state index contributed by atoms with van der Waals surface area (Å²) in [6, 6.07) is 24.7. The lowest BCUT2D eigenvalue weighted by Crippen LogP contribution is -2.53. The second kappa shape index (κ2) is 24.0. The molecule has 304 valence electrons. The first-order valence-electron chi connectivity index (χ1n) is 20.5. The molecule has 0 aliphatic rings. The molecule has 0 amide bonds. The van der Waals surface area contributed by atoms with Gasteiger partial charge in [-0.15, -0.1) is 0 Å². The van der Waals surface area contributed by atoms with E-state index in [4.69, 9.17) is 21.2 Å². The average Bonchev–Trinajstić information content (AvgIpc) is 2.99. The van der Waals surface area contributed by atoms with E-state index < -0.39 is 50.4 Å². The third-order valence-corrected chi connectivity index (χ3v) is 29.5. The maximum atomic E-state index is 11.9. The normalized spacial score (nSPS) is 13.0. The van der Waals surface area contributed by atoms with Crippen molar-refractivity contribution in [3.63, 3.8) is 0 Å². The van der Waals surface area contributed by atoms with Gasteiger partial charge in [-0.25, -0.2) is 0 Å². The van der Waals surface area contributed by atoms with Crippen molar-refractivity contribution in [3.8, 4) is 0 Å². The number of hydrogen-bond acceptors (Lipinski definition) is 6. The van der Waals surface area contributed by atoms with Crippen LogP contribution in [0.1, 0.15) is 69.4 Å². The minimum Gasteiger partial charge on any atom is -0.466 e. The van der Waals surface area contributed by atoms with Crippen LogP contribution in [0.4, 0.5) is 0 Å². The summed E-state index contributed by atoms with van der Waals surface area (Å²) in [7, 11) is -11.2. The first-order chi connectivity index (χ1) is 24.4. The largest absolute Gasteiger partial charge is 0.466 e. The van der Waals surface area contributed by atoms with Crippen LogP contribution in [0.3, 0.4) is 0 Å². The van der Waals surface area contributed by atoms with E-state index in [1.165, 1.54) is 55.3 Å². The van der Waals surface area contributed by atoms with Gasteiger partial charge < -0.3 is 21.2 Å². The molecule has 0 fully saturated rings. The summed E-state index contributed by atoms with van der Waals surface area (Å²) in [6.07, 6.45) is 11.0. The van der Waals surface area contributed by atoms with E-state index in [-0.39, 0.29) is 5.97 Å². The predicted octanol–water partition coefficient (Wildman–Crippen LogP) is 13.1. The molecule has 0 aliphatic carbocycles. The highest BCUT2D eigenvalue weighted by Gasteiger charge is 2.41. The lowest BCUT2D eigenvalue weighted by Gasteiger charge is -2.39. The zero-order valence-electron chi connectivity index (χ0n) is 36.6. The second-order valence-corrected chi connectivity index (χ2v) is 43.8. The van der Waals surface area contributed by atoms with Gasteiger partial charge in [-0.3, -0.25) is 4.79 Å². The summed E-state index contributed by atoms with van der Waals surface area (Å²) in [5.41, 5.74) is 2.86. The summed E-state index contributed by atoms with van der Waals surface area (Å²) >= 11 is 0. The van der Waals surface area contributed by atoms with E-state index in [9.17, 15) is 4.79 Å². The van der Waals surface area contributed by atoms with Gasteiger partial charge in [0, 0.05) is 12.5 Å². The molecule has 0 aromatic heterocycles. The molecule has 0 bridgehead atoms. The number of hydrogen-bond donors (Lipinski definition) is 0. The number of unbranched alkanes of at least 4 members (excludes halogenated alkanes) is 4. The lowest BCUT2D eigenvalue weighted by molar-refractivity contribution is -0.143. The van der Waals surface area contributed by atoms with Crippen molar-refractivity contribution in [2.75, 3.05) is 6.61 Å². The maximum absolute atomic E-state index is 11.9. The van der Waals surface area contributed by atoms with Crippen LogP contribution in [0, 0.1) is 0 Å². The number of carbonyl (C=O) groups excluding carboxylic acids is 1. The van der Waals surface area contributed by atoms with Crippen LogP contribution >= 0.6 is 0 Å². The fourth-order valence-corrected chi connectivity index (χ4v) is 33.1. The van der Waals surface area contributed by atoms with Crippen LogP contribution in [0.25, 0.3) is 0 Å². The van der Waals surface area contributed by atoms with Crippen LogP contribution in [-0.2, 0) is 38.8 Å². The Morgan fingerprint density at radius 2 is 0.925 bits per heavy atom. The van der Waals surface area contributed by atoms with E-state index in [2.05, 4.69) is 153 Å². The quantitative estimate of drug-likeness (QED) is 0.0564. The Bertz CT molecular complexity index is 1190. The fraction of sp³-hybridized carbons (Fsp3) is 0.683. The minimum absolute atomic E-state index is 0.0798. The van der Waals surface area contributed by atoms with Crippen molar-refractivity contribution in [1.82, 2.24) is 0 Å². The zero-order valence-corrected chi connectivity index (χ0v) is 42.6. The Labute approximate surface area is 333 Å². The summed E-state index contributed by atoms with van der Waals surface area (Å²) in [5.74, 6) is -0.0798. The Hall–Kier alpha value is -0.949. The SMILES string of the molecule is CCCCCCCC(=O)OCC[Si](C)(O[Si](C)(C)C)O[Si](C)(C)C.C[Si](C)(CCCc1ccccc1)O[Si](C)(C)O[Si](C)(C)CCCc1ccccc1. The number of carbonyl (C=O) groups is 1. The Balaban J connectivity index is 0.000000541. The van der Waals surface area contributed by atoms with E-state index in [0.717, 1.165) is 31.7 Å². The van der Waals surface area contributed by atoms with Crippen molar-refractivity contribution < 1.29 is 26.0 Å². The molecule has 0 atom stereocenters. The van der Waals surface area contributed by atoms with Crippen molar-refractivity contribution in [3.05, 3.63) is 71.8 Å². The van der Waals surface area contributed by atoms with Gasteiger partial charge in [0.05, 0.1) is 6.61 Å². The van der Waals surface area contributed by atoms with E-state index in [1.54, 1.807) is 0 Å². The predicted molar refractivity (Wildman–Crippen MR) is 243 cm³/mol. The molecule has 0 heterocycles. The van der Waals surface area contributed by atoms with Gasteiger partial charge in [0.25, 0.3) is 0 Å². The molecule has 0 aliphatic heterocycles. The van der Waals surface area contributed by atoms with Crippen molar-refractivity contribution in [2.45, 2.75) is 174 Å². The standard InChI is InChI=1S/C24H40O2Si3.C17H40O4Si3/c1-27(2,21-13-19-23-15-9-7-10-16-23)25-29(5,6)26-28(3,4)22-14-20-24-17-11-8-12-18-24;1-9-10-11-12-13-14-17(18)19-15-16-24(8,20-22(2,3)4)21-23(5,6)7/h7-12,15-18H,13-14,19-22H2,1-6H3;9-16H2,1-8H3. The number of ether oxygens (including phenoxy) is 1. The Kier molecular flexibility index (Phi) is 22.6. The smallest absolute Gasteiger partial charge is 0.317 e. The Morgan fingerprint density at radius 3 is 1.32 bits per heavy atom. The molecule has 2 rings (SSSR count). The first kappa shape index (κ1) is 50.1. The number of benzene rings is 2. The molecule has 0 radical (unpaired) electrons. The molecular formula is C41H80O6Si6. The van der Waals surface area contributed by atoms with Gasteiger partial charge >= 0.3 is 23.1 Å². The summed E-state index contributed by atoms with van der Waals surface area (Å²) in [5, 5.41) is 0. The van der Waals surface area contributed by atoms with E-state index in [0.29, 0.717) is 13.0 Å². The van der Waals surface area contributed by atoms with Crippen LogP contribution in [0.5, 0.6) is 0 Å². The summed E-state index contributed by atoms with van der Waals surface area (Å²) in [4.78, 5) is 11.9. The second-order valence-electron chi connectivity index (χ2n) is 18.5. The van der Waals surface area contributed by atoms with Gasteiger partial charge in [-0.1, -0.05) is 93.3 Å². The highest BCUT2D eigenvalue weighted by Crippen LogP contribution is 2.27. The van der Waals surface area contributed by atoms with Crippen molar-refractivity contribution in [2.24, 2.45) is 0 Å². The molecule has 0 saturated carbocycles. The highest BCUT2D eigenvalue weighted by atomic mass is 28.5. The van der Waals surface area contributed by atoms with Crippen LogP contribution in [0.15, 0.2) is 60.7 Å². The molecule has 0 N–H and O–H groups in total. The van der Waals surface area contributed by atoms with Gasteiger partial charge in [0.1, 0.15) is 0 Å². The van der Waals surface area contributed by atoms with Crippen LogP contribution in [-0.4, -0.2) is 63.0 Å². The lowest BCUT2D eigenvalue weighted by atomic mass is 10.1. The van der Waals surface area contributed by atoms with Gasteiger partial charge in [-0.05, 0) is 140 Å². The zero-order chi connectivity index (χ0) is 40.2. The molecule has 6 nitrogen and oxygen atoms in total. The monoisotopic (exact) mass is 836 g/mol. The molecule has 0 spiro atoms. The number of aryl methyl sites for hydroxylation is 2. The average molecular weight is 838 g/mol. The first-order valence-corrected chi connectivity index (χ1v) is 38.9. The highest BCUT2D eigenvalue weighted by molar-refractivity contribution is 6.88. The summed E-state index contributed by atoms with van der Waals surface area (Å²) in [6.45, 7) is 31.8. The molecule has 2 aromatic carbocycles. The van der Waals surface area contributed by atoms with E-state index >= 15 is 0 Å². The third kappa shape index (κ3) is 27.3. The molecule has 0 unspecified atom stereocenters. The molecule has 0 saturated heterocycles. The fourth-order valence-electron chi connectivity index (χ4n) is 6.89. The van der Waals surface area contributed by atoms with Crippen LogP contribution < -0.4 is 0 Å². The minimum atomic E-state index is -2.29. The molecule has 2 aromatic rings. The van der Waals surface area contributed by atoms with Crippen molar-refractivity contribution in [1.29, 1.82) is 0 Å². The number of esters is 1. The molecular weight excluding hydrogens is 757 g/mol. The van der Waals surface area contributed by atoms with Crippen molar-refractivity contribution >= 4 is 56.4 Å². The van der Waals surface area contributed by atoms with Gasteiger partial charge in [0.2, 0.25) is 0 Å². The van der Waals surface area contributed by atoms with Gasteiger partial charge in [-0.2, -0.15) is 0 Å². The molecule has 12 heteroatoms. The van der Waals surface area contributed by atoms with Gasteiger partial charge in [0.15, 0.2) is 33.3 Å². The van der Waals surface area contributed by atoms with E-state index in [1.807, 2.05) is 0 Å². The Morgan fingerprint density at radius 1 is 0.509 bits per heavy atom. The number of rotatable bonds is 25. The topological polar surface area (TPSA) is 63.2 Å². The summed E-state index contributed by atoms with van der Waals surface area (Å²) < 4.78 is 31.8. The molecule has 53 heavy (non-hydrogen) atoms. The maximum Gasteiger partial charge on any atom is 0.317 e.